The standard InChI is InChI=1S/C19H18Br2N2O3/c1-11-8-14(20)18(15(21)9-11)26-10-17(24)23-16-5-3-2-4-13(16)19(25)22-12-6-7-12/h2-5,8-9,12H,6-7,10H2,1H3,(H,22,25)(H,23,24). The molecule has 3 rings (SSSR count). The molecule has 2 aromatic carbocycles. The normalized spacial score (nSPS) is 13.2. The molecule has 2 amide bonds. The predicted molar refractivity (Wildman–Crippen MR) is 108 cm³/mol. The van der Waals surface area contributed by atoms with Crippen molar-refractivity contribution in [3.8, 4) is 5.75 Å². The van der Waals surface area contributed by atoms with Gasteiger partial charge < -0.3 is 15.4 Å². The lowest BCUT2D eigenvalue weighted by molar-refractivity contribution is -0.118. The first-order valence-corrected chi connectivity index (χ1v) is 9.81. The second-order valence-corrected chi connectivity index (χ2v) is 7.90. The van der Waals surface area contributed by atoms with E-state index in [1.165, 1.54) is 0 Å². The van der Waals surface area contributed by atoms with E-state index in [1.54, 1.807) is 24.3 Å². The Hall–Kier alpha value is -1.86. The molecule has 0 aromatic heterocycles. The van der Waals surface area contributed by atoms with Crippen molar-refractivity contribution in [2.24, 2.45) is 0 Å². The number of benzene rings is 2. The van der Waals surface area contributed by atoms with E-state index >= 15 is 0 Å². The number of ether oxygens (including phenoxy) is 1. The van der Waals surface area contributed by atoms with E-state index in [4.69, 9.17) is 4.74 Å². The highest BCUT2D eigenvalue weighted by molar-refractivity contribution is 9.11. The number of halogens is 2. The molecule has 136 valence electrons. The van der Waals surface area contributed by atoms with Crippen LogP contribution in [0.3, 0.4) is 0 Å². The van der Waals surface area contributed by atoms with Crippen molar-refractivity contribution in [2.75, 3.05) is 11.9 Å². The fourth-order valence-corrected chi connectivity index (χ4v) is 4.07. The minimum Gasteiger partial charge on any atom is -0.481 e. The van der Waals surface area contributed by atoms with Crippen LogP contribution >= 0.6 is 31.9 Å². The number of carbonyl (C=O) groups is 2. The molecule has 0 bridgehead atoms. The predicted octanol–water partition coefficient (Wildman–Crippen LogP) is 4.43. The van der Waals surface area contributed by atoms with Gasteiger partial charge >= 0.3 is 0 Å². The van der Waals surface area contributed by atoms with Crippen LogP contribution in [0.2, 0.25) is 0 Å². The number of nitrogens with one attached hydrogen (secondary N) is 2. The van der Waals surface area contributed by atoms with E-state index in [2.05, 4.69) is 42.5 Å². The van der Waals surface area contributed by atoms with E-state index in [1.807, 2.05) is 19.1 Å². The summed E-state index contributed by atoms with van der Waals surface area (Å²) in [6.45, 7) is 1.80. The first-order valence-electron chi connectivity index (χ1n) is 8.22. The highest BCUT2D eigenvalue weighted by atomic mass is 79.9. The Bertz CT molecular complexity index is 827. The van der Waals surface area contributed by atoms with E-state index in [0.717, 1.165) is 27.4 Å². The molecule has 0 saturated heterocycles. The summed E-state index contributed by atoms with van der Waals surface area (Å²) in [4.78, 5) is 24.6. The summed E-state index contributed by atoms with van der Waals surface area (Å²) >= 11 is 6.87. The van der Waals surface area contributed by atoms with Crippen molar-refractivity contribution in [3.63, 3.8) is 0 Å². The molecule has 26 heavy (non-hydrogen) atoms. The number of para-hydroxylation sites is 1. The number of hydrogen-bond donors (Lipinski definition) is 2. The average molecular weight is 482 g/mol. The van der Waals surface area contributed by atoms with Gasteiger partial charge in [0.2, 0.25) is 0 Å². The fraction of sp³-hybridized carbons (Fsp3) is 0.263. The molecular formula is C19H18Br2N2O3. The zero-order valence-corrected chi connectivity index (χ0v) is 17.3. The van der Waals surface area contributed by atoms with Gasteiger partial charge in [0.15, 0.2) is 6.61 Å². The largest absolute Gasteiger partial charge is 0.481 e. The third kappa shape index (κ3) is 4.86. The van der Waals surface area contributed by atoms with Gasteiger partial charge in [-0.3, -0.25) is 9.59 Å². The Balaban J connectivity index is 1.64. The first kappa shape index (κ1) is 18.9. The zero-order chi connectivity index (χ0) is 18.7. The van der Waals surface area contributed by atoms with Crippen molar-refractivity contribution in [1.29, 1.82) is 0 Å². The van der Waals surface area contributed by atoms with Gasteiger partial charge in [-0.1, -0.05) is 12.1 Å². The molecule has 2 aromatic rings. The third-order valence-electron chi connectivity index (χ3n) is 3.85. The van der Waals surface area contributed by atoms with Crippen LogP contribution in [0.15, 0.2) is 45.3 Å². The Morgan fingerprint density at radius 3 is 2.46 bits per heavy atom. The SMILES string of the molecule is Cc1cc(Br)c(OCC(=O)Nc2ccccc2C(=O)NC2CC2)c(Br)c1. The highest BCUT2D eigenvalue weighted by Crippen LogP contribution is 2.34. The van der Waals surface area contributed by atoms with Crippen LogP contribution in [0.25, 0.3) is 0 Å². The first-order chi connectivity index (χ1) is 12.4. The summed E-state index contributed by atoms with van der Waals surface area (Å²) in [5, 5.41) is 5.68. The monoisotopic (exact) mass is 480 g/mol. The van der Waals surface area contributed by atoms with Crippen molar-refractivity contribution in [1.82, 2.24) is 5.32 Å². The van der Waals surface area contributed by atoms with E-state index in [0.29, 0.717) is 17.0 Å². The van der Waals surface area contributed by atoms with Crippen molar-refractivity contribution < 1.29 is 14.3 Å². The van der Waals surface area contributed by atoms with Gasteiger partial charge in [-0.05, 0) is 81.5 Å². The Morgan fingerprint density at radius 1 is 1.15 bits per heavy atom. The van der Waals surface area contributed by atoms with Crippen LogP contribution in [0.4, 0.5) is 5.69 Å². The fourth-order valence-electron chi connectivity index (χ4n) is 2.43. The average Bonchev–Trinajstić information content (AvgIpc) is 3.38. The Kier molecular flexibility index (Phi) is 5.98. The van der Waals surface area contributed by atoms with Gasteiger partial charge in [0.25, 0.3) is 11.8 Å². The van der Waals surface area contributed by atoms with Crippen LogP contribution in [0, 0.1) is 6.92 Å². The van der Waals surface area contributed by atoms with Crippen molar-refractivity contribution >= 4 is 49.4 Å². The maximum atomic E-state index is 12.3. The van der Waals surface area contributed by atoms with Gasteiger partial charge in [-0.15, -0.1) is 0 Å². The molecule has 0 atom stereocenters. The summed E-state index contributed by atoms with van der Waals surface area (Å²) in [5.41, 5.74) is 1.99. The molecule has 0 unspecified atom stereocenters. The van der Waals surface area contributed by atoms with Crippen LogP contribution in [0.5, 0.6) is 5.75 Å². The minimum atomic E-state index is -0.337. The molecule has 1 fully saturated rings. The van der Waals surface area contributed by atoms with Gasteiger partial charge in [-0.25, -0.2) is 0 Å². The zero-order valence-electron chi connectivity index (χ0n) is 14.1. The minimum absolute atomic E-state index is 0.168. The third-order valence-corrected chi connectivity index (χ3v) is 5.03. The number of carbonyl (C=O) groups excluding carboxylic acids is 2. The topological polar surface area (TPSA) is 67.4 Å². The molecule has 1 aliphatic rings. The van der Waals surface area contributed by atoms with Gasteiger partial charge in [0.1, 0.15) is 5.75 Å². The van der Waals surface area contributed by atoms with Crippen molar-refractivity contribution in [3.05, 3.63) is 56.5 Å². The van der Waals surface area contributed by atoms with Crippen LogP contribution in [-0.4, -0.2) is 24.5 Å². The molecule has 1 saturated carbocycles. The van der Waals surface area contributed by atoms with Crippen LogP contribution in [0.1, 0.15) is 28.8 Å². The van der Waals surface area contributed by atoms with Crippen LogP contribution < -0.4 is 15.4 Å². The molecule has 0 aliphatic heterocycles. The maximum Gasteiger partial charge on any atom is 0.262 e. The quantitative estimate of drug-likeness (QED) is 0.641. The second kappa shape index (κ2) is 8.22. The van der Waals surface area contributed by atoms with E-state index < -0.39 is 0 Å². The number of hydrogen-bond acceptors (Lipinski definition) is 3. The lowest BCUT2D eigenvalue weighted by atomic mass is 10.1. The number of amides is 2. The highest BCUT2D eigenvalue weighted by Gasteiger charge is 2.25. The molecule has 0 spiro atoms. The lowest BCUT2D eigenvalue weighted by Crippen LogP contribution is -2.28. The van der Waals surface area contributed by atoms with Gasteiger partial charge in [-0.2, -0.15) is 0 Å². The smallest absolute Gasteiger partial charge is 0.262 e. The summed E-state index contributed by atoms with van der Waals surface area (Å²) in [6.07, 6.45) is 2.02. The second-order valence-electron chi connectivity index (χ2n) is 6.19. The molecule has 0 radical (unpaired) electrons. The number of aryl methyl sites for hydroxylation is 1. The summed E-state index contributed by atoms with van der Waals surface area (Å²) in [7, 11) is 0. The van der Waals surface area contributed by atoms with Crippen LogP contribution in [-0.2, 0) is 4.79 Å². The molecular weight excluding hydrogens is 464 g/mol. The lowest BCUT2D eigenvalue weighted by Gasteiger charge is -2.13. The molecule has 7 heteroatoms. The molecule has 2 N–H and O–H groups in total. The molecule has 5 nitrogen and oxygen atoms in total. The summed E-state index contributed by atoms with van der Waals surface area (Å²) < 4.78 is 7.16. The van der Waals surface area contributed by atoms with E-state index in [9.17, 15) is 9.59 Å². The summed E-state index contributed by atoms with van der Waals surface area (Å²) in [5.74, 6) is 0.0508. The molecule has 1 aliphatic carbocycles. The van der Waals surface area contributed by atoms with Gasteiger partial charge in [0, 0.05) is 6.04 Å². The maximum absolute atomic E-state index is 12.3. The summed E-state index contributed by atoms with van der Waals surface area (Å²) in [6, 6.07) is 11.0. The Morgan fingerprint density at radius 2 is 1.81 bits per heavy atom. The Labute approximate surface area is 168 Å². The van der Waals surface area contributed by atoms with Crippen molar-refractivity contribution in [2.45, 2.75) is 25.8 Å². The number of rotatable bonds is 6. The van der Waals surface area contributed by atoms with E-state index in [-0.39, 0.29) is 24.5 Å². The molecule has 0 heterocycles. The number of anilines is 1. The van der Waals surface area contributed by atoms with Gasteiger partial charge in [0.05, 0.1) is 20.2 Å².